The van der Waals surface area contributed by atoms with Crippen molar-refractivity contribution in [2.24, 2.45) is 0 Å². The molecule has 2 rings (SSSR count). The molecule has 19 heavy (non-hydrogen) atoms. The number of pyridine rings is 1. The Kier molecular flexibility index (Phi) is 5.07. The first-order valence-corrected chi connectivity index (χ1v) is 7.00. The fourth-order valence-corrected chi connectivity index (χ4v) is 2.54. The molecule has 1 aliphatic rings. The number of hydrogen-bond acceptors (Lipinski definition) is 3. The van der Waals surface area contributed by atoms with Crippen LogP contribution in [-0.4, -0.2) is 30.7 Å². The van der Waals surface area contributed by atoms with Gasteiger partial charge in [-0.2, -0.15) is 0 Å². The average Bonchev–Trinajstić information content (AvgIpc) is 2.39. The Morgan fingerprint density at radius 2 is 2.26 bits per heavy atom. The molecule has 0 aromatic carbocycles. The minimum absolute atomic E-state index is 0.260. The van der Waals surface area contributed by atoms with Crippen LogP contribution < -0.4 is 10.2 Å². The van der Waals surface area contributed by atoms with Crippen molar-refractivity contribution in [1.82, 2.24) is 10.3 Å². The van der Waals surface area contributed by atoms with E-state index in [9.17, 15) is 8.78 Å². The molecule has 1 aliphatic heterocycles. The molecule has 3 nitrogen and oxygen atoms in total. The van der Waals surface area contributed by atoms with Gasteiger partial charge in [-0.05, 0) is 25.8 Å². The summed E-state index contributed by atoms with van der Waals surface area (Å²) in [5.74, 6) is -0.951. The van der Waals surface area contributed by atoms with Gasteiger partial charge in [-0.1, -0.05) is 13.3 Å². The highest BCUT2D eigenvalue weighted by molar-refractivity contribution is 5.40. The van der Waals surface area contributed by atoms with Crippen molar-refractivity contribution in [2.45, 2.75) is 38.6 Å². The number of hydrogen-bond donors (Lipinski definition) is 1. The van der Waals surface area contributed by atoms with Crippen molar-refractivity contribution in [3.8, 4) is 0 Å². The smallest absolute Gasteiger partial charge is 0.168 e. The van der Waals surface area contributed by atoms with Gasteiger partial charge in [-0.15, -0.1) is 0 Å². The molecule has 1 fully saturated rings. The highest BCUT2D eigenvalue weighted by Crippen LogP contribution is 2.19. The fourth-order valence-electron chi connectivity index (χ4n) is 2.54. The Hall–Kier alpha value is -1.23. The Morgan fingerprint density at radius 1 is 1.42 bits per heavy atom. The van der Waals surface area contributed by atoms with Crippen LogP contribution in [0.15, 0.2) is 12.3 Å². The average molecular weight is 269 g/mol. The highest BCUT2D eigenvalue weighted by atomic mass is 19.1. The standard InChI is InChI=1S/C14H21F2N3/c1-2-7-19(10-12-5-3-4-6-17-12)14-13(16)8-11(15)9-18-14/h8-9,12,17H,2-7,10H2,1H3. The van der Waals surface area contributed by atoms with E-state index in [1.807, 2.05) is 11.8 Å². The van der Waals surface area contributed by atoms with E-state index in [-0.39, 0.29) is 5.82 Å². The molecular formula is C14H21F2N3. The van der Waals surface area contributed by atoms with Crippen LogP contribution in [0.2, 0.25) is 0 Å². The van der Waals surface area contributed by atoms with Gasteiger partial charge in [0.2, 0.25) is 0 Å². The maximum atomic E-state index is 13.8. The molecule has 106 valence electrons. The van der Waals surface area contributed by atoms with E-state index in [2.05, 4.69) is 10.3 Å². The van der Waals surface area contributed by atoms with Crippen LogP contribution in [0.5, 0.6) is 0 Å². The maximum Gasteiger partial charge on any atom is 0.168 e. The molecule has 1 unspecified atom stereocenters. The van der Waals surface area contributed by atoms with Gasteiger partial charge in [0.05, 0.1) is 6.20 Å². The topological polar surface area (TPSA) is 28.2 Å². The predicted octanol–water partition coefficient (Wildman–Crippen LogP) is 2.72. The number of halogens is 2. The van der Waals surface area contributed by atoms with Crippen LogP contribution in [0.3, 0.4) is 0 Å². The van der Waals surface area contributed by atoms with Crippen LogP contribution in [0.4, 0.5) is 14.6 Å². The molecule has 0 bridgehead atoms. The minimum Gasteiger partial charge on any atom is -0.353 e. The quantitative estimate of drug-likeness (QED) is 0.891. The zero-order valence-corrected chi connectivity index (χ0v) is 11.3. The molecule has 5 heteroatoms. The number of nitrogens with one attached hydrogen (secondary N) is 1. The second-order valence-corrected chi connectivity index (χ2v) is 5.05. The van der Waals surface area contributed by atoms with Crippen molar-refractivity contribution < 1.29 is 8.78 Å². The summed E-state index contributed by atoms with van der Waals surface area (Å²) >= 11 is 0. The monoisotopic (exact) mass is 269 g/mol. The number of rotatable bonds is 5. The molecule has 0 amide bonds. The first-order valence-electron chi connectivity index (χ1n) is 7.00. The van der Waals surface area contributed by atoms with Crippen molar-refractivity contribution in [1.29, 1.82) is 0 Å². The third kappa shape index (κ3) is 3.86. The van der Waals surface area contributed by atoms with E-state index < -0.39 is 11.6 Å². The van der Waals surface area contributed by atoms with E-state index in [0.717, 1.165) is 44.7 Å². The predicted molar refractivity (Wildman–Crippen MR) is 72.3 cm³/mol. The Bertz CT molecular complexity index is 406. The maximum absolute atomic E-state index is 13.8. The normalized spacial score (nSPS) is 19.4. The highest BCUT2D eigenvalue weighted by Gasteiger charge is 2.19. The number of piperidine rings is 1. The molecule has 0 saturated carbocycles. The van der Waals surface area contributed by atoms with Crippen molar-refractivity contribution in [2.75, 3.05) is 24.5 Å². The third-order valence-electron chi connectivity index (χ3n) is 3.43. The van der Waals surface area contributed by atoms with Gasteiger partial charge in [-0.25, -0.2) is 13.8 Å². The summed E-state index contributed by atoms with van der Waals surface area (Å²) in [4.78, 5) is 5.82. The van der Waals surface area contributed by atoms with E-state index in [1.54, 1.807) is 0 Å². The fraction of sp³-hybridized carbons (Fsp3) is 0.643. The first kappa shape index (κ1) is 14.2. The Labute approximate surface area is 113 Å². The number of nitrogens with zero attached hydrogens (tertiary/aromatic N) is 2. The summed E-state index contributed by atoms with van der Waals surface area (Å²) in [5, 5.41) is 3.44. The van der Waals surface area contributed by atoms with Gasteiger partial charge >= 0.3 is 0 Å². The molecule has 1 aromatic heterocycles. The zero-order chi connectivity index (χ0) is 13.7. The molecule has 1 atom stereocenters. The molecule has 1 saturated heterocycles. The van der Waals surface area contributed by atoms with E-state index >= 15 is 0 Å². The SMILES string of the molecule is CCCN(CC1CCCCN1)c1ncc(F)cc1F. The summed E-state index contributed by atoms with van der Waals surface area (Å²) in [6, 6.07) is 1.27. The molecular weight excluding hydrogens is 248 g/mol. The minimum atomic E-state index is -0.631. The van der Waals surface area contributed by atoms with Gasteiger partial charge < -0.3 is 10.2 Å². The number of aromatic nitrogens is 1. The van der Waals surface area contributed by atoms with Gasteiger partial charge in [0.25, 0.3) is 0 Å². The Balaban J connectivity index is 2.09. The largest absolute Gasteiger partial charge is 0.353 e. The molecule has 0 aliphatic carbocycles. The first-order chi connectivity index (χ1) is 9.20. The lowest BCUT2D eigenvalue weighted by Gasteiger charge is -2.31. The van der Waals surface area contributed by atoms with Crippen LogP contribution in [0.1, 0.15) is 32.6 Å². The van der Waals surface area contributed by atoms with E-state index in [4.69, 9.17) is 0 Å². The van der Waals surface area contributed by atoms with Crippen molar-refractivity contribution in [3.05, 3.63) is 23.9 Å². The lowest BCUT2D eigenvalue weighted by Crippen LogP contribution is -2.44. The van der Waals surface area contributed by atoms with Gasteiger partial charge in [0.1, 0.15) is 5.82 Å². The van der Waals surface area contributed by atoms with Crippen molar-refractivity contribution in [3.63, 3.8) is 0 Å². The van der Waals surface area contributed by atoms with E-state index in [0.29, 0.717) is 6.04 Å². The van der Waals surface area contributed by atoms with Crippen LogP contribution >= 0.6 is 0 Å². The lowest BCUT2D eigenvalue weighted by atomic mass is 10.0. The summed E-state index contributed by atoms with van der Waals surface area (Å²) in [6.07, 6.45) is 5.49. The van der Waals surface area contributed by atoms with Gasteiger partial charge in [0.15, 0.2) is 11.6 Å². The summed E-state index contributed by atoms with van der Waals surface area (Å²) in [5.41, 5.74) is 0. The van der Waals surface area contributed by atoms with Crippen LogP contribution in [0.25, 0.3) is 0 Å². The van der Waals surface area contributed by atoms with Crippen LogP contribution in [0, 0.1) is 11.6 Å². The summed E-state index contributed by atoms with van der Waals surface area (Å²) in [6.45, 7) is 4.52. The van der Waals surface area contributed by atoms with Gasteiger partial charge in [0, 0.05) is 25.2 Å². The molecule has 2 heterocycles. The van der Waals surface area contributed by atoms with Crippen LogP contribution in [-0.2, 0) is 0 Å². The molecule has 0 radical (unpaired) electrons. The summed E-state index contributed by atoms with van der Waals surface area (Å²) < 4.78 is 26.7. The molecule has 0 spiro atoms. The number of anilines is 1. The second-order valence-electron chi connectivity index (χ2n) is 5.05. The van der Waals surface area contributed by atoms with Crippen molar-refractivity contribution >= 4 is 5.82 Å². The van der Waals surface area contributed by atoms with E-state index in [1.165, 1.54) is 12.8 Å². The molecule has 1 N–H and O–H groups in total. The Morgan fingerprint density at radius 3 is 2.89 bits per heavy atom. The molecule has 1 aromatic rings. The van der Waals surface area contributed by atoms with Gasteiger partial charge in [-0.3, -0.25) is 0 Å². The third-order valence-corrected chi connectivity index (χ3v) is 3.43. The zero-order valence-electron chi connectivity index (χ0n) is 11.3. The summed E-state index contributed by atoms with van der Waals surface area (Å²) in [7, 11) is 0. The second kappa shape index (κ2) is 6.80. The lowest BCUT2D eigenvalue weighted by molar-refractivity contribution is 0.397.